The number of hydrogen-bond donors (Lipinski definition) is 2. The second-order valence-electron chi connectivity index (χ2n) is 8.11. The Balaban J connectivity index is 0.000000143. The standard InChI is InChI=1S/C12H17NO.C8H9NOS.C6H6O/c1-3-12(2)9-13(10-12)14-11-7-5-4-6-8-11;9-6-1-2-7-8(5-6)11-4-3-10-7;7-6-4-2-1-3-5-6/h4-8H,3,9-10H2,1-2H3;1-2,5H,3-4,9H2;1-5,7H. The van der Waals surface area contributed by atoms with Crippen molar-refractivity contribution in [3.05, 3.63) is 78.9 Å². The lowest BCUT2D eigenvalue weighted by Gasteiger charge is -2.46. The van der Waals surface area contributed by atoms with E-state index in [1.54, 1.807) is 36.0 Å². The molecule has 2 heterocycles. The van der Waals surface area contributed by atoms with Crippen LogP contribution in [0.5, 0.6) is 17.2 Å². The van der Waals surface area contributed by atoms with Crippen LogP contribution < -0.4 is 15.3 Å². The van der Waals surface area contributed by atoms with Crippen LogP contribution in [0.3, 0.4) is 0 Å². The van der Waals surface area contributed by atoms with Crippen molar-refractivity contribution < 1.29 is 14.7 Å². The molecule has 5 rings (SSSR count). The average molecular weight is 453 g/mol. The predicted molar refractivity (Wildman–Crippen MR) is 132 cm³/mol. The van der Waals surface area contributed by atoms with Gasteiger partial charge in [-0.05, 0) is 54.3 Å². The molecule has 5 nitrogen and oxygen atoms in total. The third-order valence-corrected chi connectivity index (χ3v) is 6.27. The number of hydrogen-bond acceptors (Lipinski definition) is 6. The van der Waals surface area contributed by atoms with Gasteiger partial charge in [0.2, 0.25) is 0 Å². The molecule has 0 unspecified atom stereocenters. The van der Waals surface area contributed by atoms with Crippen molar-refractivity contribution in [2.24, 2.45) is 5.41 Å². The topological polar surface area (TPSA) is 68.0 Å². The molecule has 3 aromatic rings. The first-order chi connectivity index (χ1) is 15.5. The highest BCUT2D eigenvalue weighted by atomic mass is 32.2. The van der Waals surface area contributed by atoms with Crippen LogP contribution >= 0.6 is 11.8 Å². The second-order valence-corrected chi connectivity index (χ2v) is 9.24. The van der Waals surface area contributed by atoms with Crippen LogP contribution in [0.25, 0.3) is 0 Å². The van der Waals surface area contributed by atoms with E-state index in [1.165, 1.54) is 6.42 Å². The Kier molecular flexibility index (Phi) is 8.71. The first kappa shape index (κ1) is 23.8. The molecule has 0 saturated carbocycles. The number of nitrogens with zero attached hydrogens (tertiary/aromatic N) is 1. The molecule has 0 aliphatic carbocycles. The molecule has 0 amide bonds. The number of para-hydroxylation sites is 2. The molecule has 3 aromatic carbocycles. The molecule has 0 atom stereocenters. The van der Waals surface area contributed by atoms with E-state index in [0.717, 1.165) is 47.5 Å². The Morgan fingerprint density at radius 1 is 1.03 bits per heavy atom. The second kappa shape index (κ2) is 11.7. The lowest BCUT2D eigenvalue weighted by atomic mass is 9.81. The average Bonchev–Trinajstić information content (AvgIpc) is 2.80. The maximum absolute atomic E-state index is 8.63. The van der Waals surface area contributed by atoms with Crippen molar-refractivity contribution in [3.63, 3.8) is 0 Å². The molecule has 170 valence electrons. The number of rotatable bonds is 3. The summed E-state index contributed by atoms with van der Waals surface area (Å²) in [5.41, 5.74) is 6.89. The van der Waals surface area contributed by atoms with E-state index in [2.05, 4.69) is 13.8 Å². The number of hydroxylamine groups is 2. The highest BCUT2D eigenvalue weighted by Crippen LogP contribution is 2.34. The predicted octanol–water partition coefficient (Wildman–Crippen LogP) is 5.86. The van der Waals surface area contributed by atoms with Crippen molar-refractivity contribution >= 4 is 17.4 Å². The van der Waals surface area contributed by atoms with Gasteiger partial charge in [-0.15, -0.1) is 16.8 Å². The molecular weight excluding hydrogens is 420 g/mol. The number of phenols is 1. The molecule has 0 radical (unpaired) electrons. The number of ether oxygens (including phenoxy) is 1. The van der Waals surface area contributed by atoms with Gasteiger partial charge in [-0.1, -0.05) is 50.2 Å². The number of thioether (sulfide) groups is 1. The number of benzene rings is 3. The Labute approximate surface area is 195 Å². The van der Waals surface area contributed by atoms with Gasteiger partial charge in [-0.25, -0.2) is 0 Å². The third-order valence-electron chi connectivity index (χ3n) is 5.27. The molecule has 0 bridgehead atoms. The van der Waals surface area contributed by atoms with Gasteiger partial charge in [0.25, 0.3) is 0 Å². The van der Waals surface area contributed by atoms with E-state index >= 15 is 0 Å². The van der Waals surface area contributed by atoms with Gasteiger partial charge < -0.3 is 20.4 Å². The molecule has 2 aliphatic rings. The maximum atomic E-state index is 8.63. The van der Waals surface area contributed by atoms with Gasteiger partial charge in [0.05, 0.1) is 11.5 Å². The first-order valence-corrected chi connectivity index (χ1v) is 11.8. The van der Waals surface area contributed by atoms with Crippen LogP contribution in [0.2, 0.25) is 0 Å². The number of anilines is 1. The molecule has 0 aromatic heterocycles. The molecule has 2 aliphatic heterocycles. The van der Waals surface area contributed by atoms with E-state index in [9.17, 15) is 0 Å². The van der Waals surface area contributed by atoms with Gasteiger partial charge in [-0.2, -0.15) is 0 Å². The van der Waals surface area contributed by atoms with Crippen LogP contribution in [0.1, 0.15) is 20.3 Å². The minimum Gasteiger partial charge on any atom is -0.508 e. The summed E-state index contributed by atoms with van der Waals surface area (Å²) in [7, 11) is 0. The minimum atomic E-state index is 0.322. The fourth-order valence-corrected chi connectivity index (χ4v) is 4.09. The van der Waals surface area contributed by atoms with Crippen molar-refractivity contribution in [1.82, 2.24) is 5.06 Å². The van der Waals surface area contributed by atoms with Crippen molar-refractivity contribution in [3.8, 4) is 17.2 Å². The van der Waals surface area contributed by atoms with E-state index in [-0.39, 0.29) is 0 Å². The summed E-state index contributed by atoms with van der Waals surface area (Å²) < 4.78 is 5.40. The van der Waals surface area contributed by atoms with Crippen LogP contribution in [0.4, 0.5) is 5.69 Å². The van der Waals surface area contributed by atoms with Crippen LogP contribution in [-0.4, -0.2) is 35.6 Å². The van der Waals surface area contributed by atoms with E-state index in [1.807, 2.05) is 59.7 Å². The van der Waals surface area contributed by atoms with Gasteiger partial charge in [0, 0.05) is 24.5 Å². The molecule has 1 saturated heterocycles. The quantitative estimate of drug-likeness (QED) is 0.485. The van der Waals surface area contributed by atoms with Crippen molar-refractivity contribution in [1.29, 1.82) is 0 Å². The summed E-state index contributed by atoms with van der Waals surface area (Å²) in [5.74, 6) is 3.25. The third kappa shape index (κ3) is 7.39. The summed E-state index contributed by atoms with van der Waals surface area (Å²) in [4.78, 5) is 6.84. The largest absolute Gasteiger partial charge is 0.508 e. The van der Waals surface area contributed by atoms with Crippen molar-refractivity contribution in [2.75, 3.05) is 31.2 Å². The number of nitrogens with two attached hydrogens (primary N) is 1. The van der Waals surface area contributed by atoms with Gasteiger partial charge in [0.15, 0.2) is 0 Å². The highest BCUT2D eigenvalue weighted by molar-refractivity contribution is 7.99. The first-order valence-electron chi connectivity index (χ1n) is 10.8. The minimum absolute atomic E-state index is 0.322. The molecule has 0 spiro atoms. The molecule has 1 fully saturated rings. The number of nitrogen functional groups attached to an aromatic ring is 1. The fourth-order valence-electron chi connectivity index (χ4n) is 3.21. The Bertz CT molecular complexity index is 948. The molecular formula is C26H32N2O3S. The lowest BCUT2D eigenvalue weighted by Crippen LogP contribution is -2.55. The Morgan fingerprint density at radius 2 is 1.69 bits per heavy atom. The summed E-state index contributed by atoms with van der Waals surface area (Å²) in [5, 5.41) is 10.7. The summed E-state index contributed by atoms with van der Waals surface area (Å²) >= 11 is 1.80. The molecule has 3 N–H and O–H groups in total. The smallest absolute Gasteiger partial charge is 0.147 e. The van der Waals surface area contributed by atoms with Gasteiger partial charge in [-0.3, -0.25) is 0 Å². The van der Waals surface area contributed by atoms with Gasteiger partial charge >= 0.3 is 0 Å². The molecule has 32 heavy (non-hydrogen) atoms. The number of aromatic hydroxyl groups is 1. The Hall–Kier alpha value is -2.83. The monoisotopic (exact) mass is 452 g/mol. The zero-order valence-corrected chi connectivity index (χ0v) is 19.6. The van der Waals surface area contributed by atoms with E-state index in [4.69, 9.17) is 20.4 Å². The van der Waals surface area contributed by atoms with E-state index in [0.29, 0.717) is 11.2 Å². The zero-order valence-electron chi connectivity index (χ0n) is 18.7. The van der Waals surface area contributed by atoms with E-state index < -0.39 is 0 Å². The highest BCUT2D eigenvalue weighted by Gasteiger charge is 2.38. The number of phenolic OH excluding ortho intramolecular Hbond substituents is 1. The summed E-state index contributed by atoms with van der Waals surface area (Å²) in [6, 6.07) is 24.4. The summed E-state index contributed by atoms with van der Waals surface area (Å²) in [6.07, 6.45) is 1.22. The summed E-state index contributed by atoms with van der Waals surface area (Å²) in [6.45, 7) is 7.43. The lowest BCUT2D eigenvalue weighted by molar-refractivity contribution is -0.177. The fraction of sp³-hybridized carbons (Fsp3) is 0.308. The normalized spacial score (nSPS) is 15.9. The Morgan fingerprint density at radius 3 is 2.28 bits per heavy atom. The van der Waals surface area contributed by atoms with Crippen LogP contribution in [0.15, 0.2) is 83.8 Å². The van der Waals surface area contributed by atoms with Gasteiger partial charge in [0.1, 0.15) is 17.2 Å². The van der Waals surface area contributed by atoms with Crippen LogP contribution in [-0.2, 0) is 0 Å². The van der Waals surface area contributed by atoms with Crippen molar-refractivity contribution in [2.45, 2.75) is 25.2 Å². The maximum Gasteiger partial charge on any atom is 0.147 e. The SMILES string of the molecule is CCC1(C)CN(Oc2ccccc2)C1.Nc1ccc2c(c1)SCCO2.Oc1ccccc1. The number of fused-ring (bicyclic) bond motifs is 1. The molecule has 6 heteroatoms. The van der Waals surface area contributed by atoms with Crippen LogP contribution in [0, 0.1) is 5.41 Å². The zero-order chi connectivity index (χ0) is 22.8.